The van der Waals surface area contributed by atoms with Crippen LogP contribution in [0.4, 0.5) is 0 Å². The first-order chi connectivity index (χ1) is 9.36. The van der Waals surface area contributed by atoms with Crippen LogP contribution < -0.4 is 0 Å². The van der Waals surface area contributed by atoms with E-state index in [4.69, 9.17) is 0 Å². The van der Waals surface area contributed by atoms with Gasteiger partial charge in [0, 0.05) is 25.1 Å². The Kier molecular flexibility index (Phi) is 6.20. The molecule has 0 N–H and O–H groups in total. The molecule has 0 spiro atoms. The normalized spacial score (nSPS) is 10.2. The Labute approximate surface area is 128 Å². The second-order valence-electron chi connectivity index (χ2n) is 5.00. The predicted octanol–water partition coefficient (Wildman–Crippen LogP) is 2.70. The van der Waals surface area contributed by atoms with Gasteiger partial charge in [-0.2, -0.15) is 0 Å². The van der Waals surface area contributed by atoms with Gasteiger partial charge < -0.3 is 9.80 Å². The highest BCUT2D eigenvalue weighted by atomic mass is 79.9. The van der Waals surface area contributed by atoms with Gasteiger partial charge in [-0.25, -0.2) is 0 Å². The minimum absolute atomic E-state index is 0.0735. The van der Waals surface area contributed by atoms with E-state index in [-0.39, 0.29) is 18.4 Å². The van der Waals surface area contributed by atoms with Crippen molar-refractivity contribution in [2.75, 3.05) is 27.2 Å². The maximum absolute atomic E-state index is 12.6. The smallest absolute Gasteiger partial charge is 0.255 e. The molecule has 1 aromatic rings. The lowest BCUT2D eigenvalue weighted by atomic mass is 10.1. The Morgan fingerprint density at radius 3 is 2.45 bits per heavy atom. The molecular formula is C15H21BrN2O2. The third kappa shape index (κ3) is 4.34. The summed E-state index contributed by atoms with van der Waals surface area (Å²) in [6.07, 6.45) is 0.815. The number of carbonyl (C=O) groups is 2. The summed E-state index contributed by atoms with van der Waals surface area (Å²) in [5, 5.41) is 0. The summed E-state index contributed by atoms with van der Waals surface area (Å²) in [5.41, 5.74) is 1.62. The van der Waals surface area contributed by atoms with E-state index in [2.05, 4.69) is 15.9 Å². The fourth-order valence-electron chi connectivity index (χ4n) is 1.80. The predicted molar refractivity (Wildman–Crippen MR) is 83.8 cm³/mol. The fraction of sp³-hybridized carbons (Fsp3) is 0.467. The summed E-state index contributed by atoms with van der Waals surface area (Å²) in [6, 6.07) is 5.64. The molecule has 4 nitrogen and oxygen atoms in total. The Morgan fingerprint density at radius 2 is 1.90 bits per heavy atom. The van der Waals surface area contributed by atoms with Crippen LogP contribution in [0.2, 0.25) is 0 Å². The maximum atomic E-state index is 12.6. The van der Waals surface area contributed by atoms with Crippen molar-refractivity contribution in [3.05, 3.63) is 33.8 Å². The van der Waals surface area contributed by atoms with Crippen molar-refractivity contribution in [2.45, 2.75) is 20.3 Å². The van der Waals surface area contributed by atoms with E-state index < -0.39 is 0 Å². The van der Waals surface area contributed by atoms with Crippen LogP contribution in [-0.4, -0.2) is 48.8 Å². The molecule has 20 heavy (non-hydrogen) atoms. The molecule has 1 rings (SSSR count). The number of amides is 2. The van der Waals surface area contributed by atoms with Gasteiger partial charge in [0.2, 0.25) is 5.91 Å². The first kappa shape index (κ1) is 16.7. The second kappa shape index (κ2) is 7.43. The van der Waals surface area contributed by atoms with E-state index in [1.54, 1.807) is 19.0 Å². The van der Waals surface area contributed by atoms with Crippen LogP contribution in [0.15, 0.2) is 22.7 Å². The molecule has 0 aliphatic rings. The van der Waals surface area contributed by atoms with Crippen LogP contribution in [0.25, 0.3) is 0 Å². The third-order valence-corrected chi connectivity index (χ3v) is 3.65. The van der Waals surface area contributed by atoms with Gasteiger partial charge in [0.15, 0.2) is 0 Å². The quantitative estimate of drug-likeness (QED) is 0.826. The van der Waals surface area contributed by atoms with E-state index in [1.807, 2.05) is 32.0 Å². The van der Waals surface area contributed by atoms with Crippen LogP contribution in [0.3, 0.4) is 0 Å². The van der Waals surface area contributed by atoms with Crippen molar-refractivity contribution < 1.29 is 9.59 Å². The van der Waals surface area contributed by atoms with Gasteiger partial charge in [0.05, 0.1) is 5.56 Å². The van der Waals surface area contributed by atoms with Crippen LogP contribution in [0, 0.1) is 6.92 Å². The van der Waals surface area contributed by atoms with Gasteiger partial charge in [-0.3, -0.25) is 9.59 Å². The van der Waals surface area contributed by atoms with Gasteiger partial charge >= 0.3 is 0 Å². The zero-order valence-electron chi connectivity index (χ0n) is 12.4. The topological polar surface area (TPSA) is 40.6 Å². The van der Waals surface area contributed by atoms with Crippen molar-refractivity contribution in [1.82, 2.24) is 9.80 Å². The molecule has 0 radical (unpaired) electrons. The molecule has 0 atom stereocenters. The molecular weight excluding hydrogens is 320 g/mol. The molecule has 110 valence electrons. The minimum atomic E-state index is -0.113. The second-order valence-corrected chi connectivity index (χ2v) is 5.85. The summed E-state index contributed by atoms with van der Waals surface area (Å²) >= 11 is 3.40. The van der Waals surface area contributed by atoms with E-state index in [9.17, 15) is 9.59 Å². The Hall–Kier alpha value is -1.36. The molecule has 0 saturated carbocycles. The lowest BCUT2D eigenvalue weighted by Crippen LogP contribution is -2.40. The fourth-order valence-corrected chi connectivity index (χ4v) is 2.22. The summed E-state index contributed by atoms with van der Waals surface area (Å²) in [4.78, 5) is 27.5. The van der Waals surface area contributed by atoms with Crippen molar-refractivity contribution >= 4 is 27.7 Å². The average Bonchev–Trinajstić information content (AvgIpc) is 2.40. The maximum Gasteiger partial charge on any atom is 0.255 e. The number of nitrogens with zero attached hydrogens (tertiary/aromatic N) is 2. The van der Waals surface area contributed by atoms with Crippen LogP contribution in [0.5, 0.6) is 0 Å². The Morgan fingerprint density at radius 1 is 1.25 bits per heavy atom. The van der Waals surface area contributed by atoms with E-state index in [1.165, 1.54) is 4.90 Å². The Bertz CT molecular complexity index is 501. The van der Waals surface area contributed by atoms with E-state index in [0.717, 1.165) is 16.5 Å². The minimum Gasteiger partial charge on any atom is -0.347 e. The molecule has 0 aromatic heterocycles. The highest BCUT2D eigenvalue weighted by molar-refractivity contribution is 9.10. The summed E-state index contributed by atoms with van der Waals surface area (Å²) in [7, 11) is 3.39. The van der Waals surface area contributed by atoms with Gasteiger partial charge in [0.25, 0.3) is 5.91 Å². The average molecular weight is 341 g/mol. The molecule has 1 aromatic carbocycles. The number of aryl methyl sites for hydroxylation is 1. The molecule has 0 fully saturated rings. The monoisotopic (exact) mass is 340 g/mol. The van der Waals surface area contributed by atoms with Crippen molar-refractivity contribution in [3.63, 3.8) is 0 Å². The van der Waals surface area contributed by atoms with Crippen LogP contribution in [0.1, 0.15) is 29.3 Å². The lowest BCUT2D eigenvalue weighted by molar-refractivity contribution is -0.129. The van der Waals surface area contributed by atoms with Gasteiger partial charge in [0.1, 0.15) is 6.54 Å². The van der Waals surface area contributed by atoms with E-state index in [0.29, 0.717) is 12.1 Å². The summed E-state index contributed by atoms with van der Waals surface area (Å²) in [5.74, 6) is -0.187. The first-order valence-corrected chi connectivity index (χ1v) is 7.41. The van der Waals surface area contributed by atoms with Crippen molar-refractivity contribution in [2.24, 2.45) is 0 Å². The zero-order valence-corrected chi connectivity index (χ0v) is 14.0. The van der Waals surface area contributed by atoms with Crippen molar-refractivity contribution in [1.29, 1.82) is 0 Å². The summed E-state index contributed by atoms with van der Waals surface area (Å²) < 4.78 is 0.756. The summed E-state index contributed by atoms with van der Waals surface area (Å²) in [6.45, 7) is 4.61. The van der Waals surface area contributed by atoms with Gasteiger partial charge in [-0.15, -0.1) is 0 Å². The molecule has 0 bridgehead atoms. The number of rotatable bonds is 5. The zero-order chi connectivity index (χ0) is 15.3. The molecule has 0 aliphatic carbocycles. The molecule has 2 amide bonds. The largest absolute Gasteiger partial charge is 0.347 e. The molecule has 0 unspecified atom stereocenters. The molecule has 0 saturated heterocycles. The number of halogens is 1. The molecule has 0 aliphatic heterocycles. The molecule has 5 heteroatoms. The number of likely N-dealkylation sites (N-methyl/N-ethyl adjacent to an activating group) is 1. The lowest BCUT2D eigenvalue weighted by Gasteiger charge is -2.24. The third-order valence-electron chi connectivity index (χ3n) is 2.96. The number of benzene rings is 1. The van der Waals surface area contributed by atoms with E-state index >= 15 is 0 Å². The highest BCUT2D eigenvalue weighted by Crippen LogP contribution is 2.20. The van der Waals surface area contributed by atoms with Crippen LogP contribution in [-0.2, 0) is 4.79 Å². The standard InChI is InChI=1S/C15H21BrN2O2/c1-5-8-18(10-14(19)17(3)4)15(20)12-9-11(2)6-7-13(12)16/h6-7,9H,5,8,10H2,1-4H3. The molecule has 0 heterocycles. The van der Waals surface area contributed by atoms with Gasteiger partial charge in [-0.1, -0.05) is 18.6 Å². The van der Waals surface area contributed by atoms with Crippen molar-refractivity contribution in [3.8, 4) is 0 Å². The number of hydrogen-bond acceptors (Lipinski definition) is 2. The highest BCUT2D eigenvalue weighted by Gasteiger charge is 2.20. The SMILES string of the molecule is CCCN(CC(=O)N(C)C)C(=O)c1cc(C)ccc1Br. The number of carbonyl (C=O) groups excluding carboxylic acids is 2. The Balaban J connectivity index is 2.99. The first-order valence-electron chi connectivity index (χ1n) is 6.62. The van der Waals surface area contributed by atoms with Gasteiger partial charge in [-0.05, 0) is 41.4 Å². The van der Waals surface area contributed by atoms with Crippen LogP contribution >= 0.6 is 15.9 Å². The number of hydrogen-bond donors (Lipinski definition) is 0.